The molecule has 3 heterocycles. The van der Waals surface area contributed by atoms with E-state index in [1.165, 1.54) is 11.3 Å². The number of hydrogen-bond donors (Lipinski definition) is 1. The van der Waals surface area contributed by atoms with Crippen LogP contribution in [0.5, 0.6) is 0 Å². The van der Waals surface area contributed by atoms with Crippen LogP contribution < -0.4 is 5.32 Å². The van der Waals surface area contributed by atoms with E-state index in [9.17, 15) is 4.79 Å². The Morgan fingerprint density at radius 3 is 2.61 bits per heavy atom. The minimum Gasteiger partial charge on any atom is -0.301 e. The van der Waals surface area contributed by atoms with E-state index in [0.717, 1.165) is 22.6 Å². The van der Waals surface area contributed by atoms with Crippen molar-refractivity contribution in [3.05, 3.63) is 77.2 Å². The molecule has 0 fully saturated rings. The number of benzene rings is 1. The summed E-state index contributed by atoms with van der Waals surface area (Å²) in [4.78, 5) is 17.4. The number of carbonyl (C=O) groups is 1. The molecule has 4 aromatic rings. The van der Waals surface area contributed by atoms with Crippen LogP contribution in [0.25, 0.3) is 5.65 Å². The fourth-order valence-electron chi connectivity index (χ4n) is 3.54. The minimum absolute atomic E-state index is 0.0723. The van der Waals surface area contributed by atoms with Crippen LogP contribution in [0.15, 0.2) is 60.2 Å². The van der Waals surface area contributed by atoms with Crippen molar-refractivity contribution in [2.24, 2.45) is 5.41 Å². The number of aryl methyl sites for hydroxylation is 1. The monoisotopic (exact) mass is 391 g/mol. The van der Waals surface area contributed by atoms with Crippen LogP contribution in [-0.4, -0.2) is 25.5 Å². The topological polar surface area (TPSA) is 72.2 Å². The summed E-state index contributed by atoms with van der Waals surface area (Å²) in [6, 6.07) is 14.1. The first-order valence-electron chi connectivity index (χ1n) is 9.04. The predicted molar refractivity (Wildman–Crippen MR) is 111 cm³/mol. The lowest BCUT2D eigenvalue weighted by molar-refractivity contribution is -0.124. The summed E-state index contributed by atoms with van der Waals surface area (Å²) in [5.74, 6) is 0.588. The molecule has 3 aromatic heterocycles. The van der Waals surface area contributed by atoms with Gasteiger partial charge in [-0.3, -0.25) is 9.20 Å². The number of hydrogen-bond acceptors (Lipinski definition) is 5. The summed E-state index contributed by atoms with van der Waals surface area (Å²) >= 11 is 1.41. The number of fused-ring (bicyclic) bond motifs is 1. The fraction of sp³-hybridized carbons (Fsp3) is 0.238. The molecule has 0 spiro atoms. The largest absolute Gasteiger partial charge is 0.301 e. The number of thiazole rings is 1. The first-order chi connectivity index (χ1) is 13.5. The molecule has 142 valence electrons. The summed E-state index contributed by atoms with van der Waals surface area (Å²) in [5, 5.41) is 13.7. The molecule has 6 nitrogen and oxygen atoms in total. The second-order valence-corrected chi connectivity index (χ2v) is 8.19. The van der Waals surface area contributed by atoms with Crippen LogP contribution >= 0.6 is 11.3 Å². The van der Waals surface area contributed by atoms with Crippen molar-refractivity contribution < 1.29 is 4.79 Å². The fourth-order valence-corrected chi connectivity index (χ4v) is 4.06. The maximum Gasteiger partial charge on any atom is 0.232 e. The second-order valence-electron chi connectivity index (χ2n) is 7.29. The Bertz CT molecular complexity index is 1100. The summed E-state index contributed by atoms with van der Waals surface area (Å²) in [5.41, 5.74) is 2.17. The van der Waals surface area contributed by atoms with E-state index < -0.39 is 5.41 Å². The summed E-state index contributed by atoms with van der Waals surface area (Å²) in [6.45, 7) is 5.86. The summed E-state index contributed by atoms with van der Waals surface area (Å²) in [6.07, 6.45) is 3.71. The third-order valence-electron chi connectivity index (χ3n) is 5.02. The maximum absolute atomic E-state index is 13.2. The van der Waals surface area contributed by atoms with Gasteiger partial charge in [-0.1, -0.05) is 50.2 Å². The van der Waals surface area contributed by atoms with Crippen molar-refractivity contribution in [2.45, 2.75) is 26.7 Å². The van der Waals surface area contributed by atoms with Gasteiger partial charge in [-0.15, -0.1) is 21.5 Å². The van der Waals surface area contributed by atoms with Gasteiger partial charge in [0.25, 0.3) is 0 Å². The molecule has 0 bridgehead atoms. The highest BCUT2D eigenvalue weighted by atomic mass is 32.1. The lowest BCUT2D eigenvalue weighted by Gasteiger charge is -2.33. The number of pyridine rings is 1. The van der Waals surface area contributed by atoms with Crippen molar-refractivity contribution >= 4 is 28.0 Å². The molecule has 0 radical (unpaired) electrons. The Morgan fingerprint density at radius 1 is 1.11 bits per heavy atom. The molecule has 0 aliphatic rings. The standard InChI is InChI=1S/C21H21N5OS/c1-14-24-25-17-10-9-16(13-26(14)17)18(15-7-5-4-6-8-15)21(2,3)19(27)23-20-22-11-12-28-20/h4-13,18H,1-3H3,(H,22,23,27). The number of anilines is 1. The summed E-state index contributed by atoms with van der Waals surface area (Å²) < 4.78 is 1.96. The number of aromatic nitrogens is 4. The quantitative estimate of drug-likeness (QED) is 0.551. The molecule has 0 aliphatic carbocycles. The van der Waals surface area contributed by atoms with Gasteiger partial charge in [0, 0.05) is 23.7 Å². The van der Waals surface area contributed by atoms with E-state index in [2.05, 4.69) is 32.6 Å². The number of rotatable bonds is 5. The van der Waals surface area contributed by atoms with Crippen molar-refractivity contribution in [1.82, 2.24) is 19.6 Å². The van der Waals surface area contributed by atoms with Crippen LogP contribution in [0.3, 0.4) is 0 Å². The van der Waals surface area contributed by atoms with E-state index in [4.69, 9.17) is 0 Å². The molecule has 1 atom stereocenters. The summed E-state index contributed by atoms with van der Waals surface area (Å²) in [7, 11) is 0. The van der Waals surface area contributed by atoms with E-state index in [1.54, 1.807) is 6.20 Å². The Kier molecular flexibility index (Phi) is 4.68. The van der Waals surface area contributed by atoms with E-state index in [1.807, 2.05) is 67.1 Å². The van der Waals surface area contributed by atoms with Gasteiger partial charge in [-0.25, -0.2) is 4.98 Å². The number of nitrogens with one attached hydrogen (secondary N) is 1. The van der Waals surface area contributed by atoms with E-state index in [0.29, 0.717) is 5.13 Å². The van der Waals surface area contributed by atoms with Gasteiger partial charge in [0.15, 0.2) is 10.8 Å². The molecule has 0 aliphatic heterocycles. The molecule has 4 rings (SSSR count). The van der Waals surface area contributed by atoms with Gasteiger partial charge in [-0.2, -0.15) is 0 Å². The van der Waals surface area contributed by atoms with Crippen LogP contribution in [0.2, 0.25) is 0 Å². The Hall–Kier alpha value is -3.06. The van der Waals surface area contributed by atoms with Crippen LogP contribution in [-0.2, 0) is 4.79 Å². The van der Waals surface area contributed by atoms with Crippen molar-refractivity contribution in [1.29, 1.82) is 0 Å². The normalized spacial score (nSPS) is 12.8. The Morgan fingerprint density at radius 2 is 1.89 bits per heavy atom. The molecule has 1 unspecified atom stereocenters. The molecule has 1 aromatic carbocycles. The van der Waals surface area contributed by atoms with Crippen LogP contribution in [0, 0.1) is 12.3 Å². The number of nitrogens with zero attached hydrogens (tertiary/aromatic N) is 4. The average molecular weight is 392 g/mol. The first-order valence-corrected chi connectivity index (χ1v) is 9.92. The highest BCUT2D eigenvalue weighted by molar-refractivity contribution is 7.13. The Labute approximate surface area is 167 Å². The second kappa shape index (κ2) is 7.16. The molecule has 1 N–H and O–H groups in total. The molecule has 7 heteroatoms. The highest BCUT2D eigenvalue weighted by Crippen LogP contribution is 2.42. The third kappa shape index (κ3) is 3.29. The van der Waals surface area contributed by atoms with Gasteiger partial charge >= 0.3 is 0 Å². The van der Waals surface area contributed by atoms with Gasteiger partial charge < -0.3 is 5.32 Å². The Balaban J connectivity index is 1.80. The lowest BCUT2D eigenvalue weighted by Crippen LogP contribution is -2.37. The zero-order chi connectivity index (χ0) is 19.7. The maximum atomic E-state index is 13.2. The molecule has 28 heavy (non-hydrogen) atoms. The minimum atomic E-state index is -0.720. The van der Waals surface area contributed by atoms with Gasteiger partial charge in [0.1, 0.15) is 5.82 Å². The lowest BCUT2D eigenvalue weighted by atomic mass is 9.71. The molecule has 0 saturated carbocycles. The van der Waals surface area contributed by atoms with Crippen molar-refractivity contribution in [2.75, 3.05) is 5.32 Å². The van der Waals surface area contributed by atoms with Crippen LogP contribution in [0.1, 0.15) is 36.7 Å². The molecular formula is C21H21N5OS. The first kappa shape index (κ1) is 18.3. The third-order valence-corrected chi connectivity index (χ3v) is 5.71. The molecule has 1 amide bonds. The smallest absolute Gasteiger partial charge is 0.232 e. The van der Waals surface area contributed by atoms with Gasteiger partial charge in [0.2, 0.25) is 5.91 Å². The molecular weight excluding hydrogens is 370 g/mol. The molecule has 0 saturated heterocycles. The zero-order valence-electron chi connectivity index (χ0n) is 16.0. The average Bonchev–Trinajstić information content (AvgIpc) is 3.33. The predicted octanol–water partition coefficient (Wildman–Crippen LogP) is 4.29. The van der Waals surface area contributed by atoms with Gasteiger partial charge in [-0.05, 0) is 24.1 Å². The number of amides is 1. The van der Waals surface area contributed by atoms with E-state index in [-0.39, 0.29) is 11.8 Å². The zero-order valence-corrected chi connectivity index (χ0v) is 16.8. The van der Waals surface area contributed by atoms with Crippen molar-refractivity contribution in [3.63, 3.8) is 0 Å². The SMILES string of the molecule is Cc1nnc2ccc(C(c3ccccc3)C(C)(C)C(=O)Nc3nccs3)cn12. The van der Waals surface area contributed by atoms with Gasteiger partial charge in [0.05, 0.1) is 5.41 Å². The van der Waals surface area contributed by atoms with Crippen molar-refractivity contribution in [3.8, 4) is 0 Å². The highest BCUT2D eigenvalue weighted by Gasteiger charge is 2.39. The van der Waals surface area contributed by atoms with Crippen LogP contribution in [0.4, 0.5) is 5.13 Å². The number of carbonyl (C=O) groups excluding carboxylic acids is 1. The van der Waals surface area contributed by atoms with E-state index >= 15 is 0 Å².